The van der Waals surface area contributed by atoms with Gasteiger partial charge in [0.05, 0.1) is 22.1 Å². The Labute approximate surface area is 270 Å². The van der Waals surface area contributed by atoms with Crippen LogP contribution < -0.4 is 0 Å². The number of hydrogen-bond donors (Lipinski definition) is 0. The summed E-state index contributed by atoms with van der Waals surface area (Å²) in [5.74, 6) is 0.832. The molecule has 4 heterocycles. The first-order valence-corrected chi connectivity index (χ1v) is 16.7. The number of benzene rings is 7. The summed E-state index contributed by atoms with van der Waals surface area (Å²) in [5.41, 5.74) is 10.2. The average molecular weight is 616 g/mol. The molecule has 12 rings (SSSR count). The first-order chi connectivity index (χ1) is 23.3. The second-order valence-corrected chi connectivity index (χ2v) is 13.5. The van der Waals surface area contributed by atoms with Crippen LogP contribution in [0.25, 0.3) is 114 Å². The molecule has 4 nitrogen and oxygen atoms in total. The molecular weight excluding hydrogens is 595 g/mol. The lowest BCUT2D eigenvalue weighted by atomic mass is 9.95. The van der Waals surface area contributed by atoms with Gasteiger partial charge in [0.1, 0.15) is 16.9 Å². The Morgan fingerprint density at radius 2 is 1.17 bits per heavy atom. The largest absolute Gasteiger partial charge is 0.456 e. The van der Waals surface area contributed by atoms with E-state index in [1.165, 1.54) is 63.6 Å². The van der Waals surface area contributed by atoms with Crippen molar-refractivity contribution in [3.05, 3.63) is 127 Å². The molecule has 4 aromatic heterocycles. The zero-order valence-corrected chi connectivity index (χ0v) is 25.6. The Kier molecular flexibility index (Phi) is 4.33. The Bertz CT molecular complexity index is 3200. The molecule has 5 heteroatoms. The van der Waals surface area contributed by atoms with Gasteiger partial charge in [-0.1, -0.05) is 84.9 Å². The van der Waals surface area contributed by atoms with Crippen LogP contribution in [0, 0.1) is 0 Å². The molecule has 1 aliphatic rings. The number of thiophene rings is 1. The van der Waals surface area contributed by atoms with Gasteiger partial charge in [0.15, 0.2) is 5.82 Å². The van der Waals surface area contributed by atoms with Crippen molar-refractivity contribution >= 4 is 97.1 Å². The van der Waals surface area contributed by atoms with Crippen molar-refractivity contribution in [1.82, 2.24) is 14.5 Å². The standard InChI is InChI=1S/C42H21N3OS/c1-4-17-34-23(9-1)26-12-6-13-27(41(26)47-34)40-42(44-29-15-3-2-14-28(29)43-40)45-30-19-18-22-8-5-10-24-25-11-7-16-32-36(25)39-33(46-32)21-20-31(45)38(39)37(30)35(22)24/h1-21H. The summed E-state index contributed by atoms with van der Waals surface area (Å²) >= 11 is 1.82. The van der Waals surface area contributed by atoms with Crippen LogP contribution in [0.4, 0.5) is 0 Å². The molecule has 1 aliphatic carbocycles. The van der Waals surface area contributed by atoms with Crippen molar-refractivity contribution in [2.75, 3.05) is 0 Å². The lowest BCUT2D eigenvalue weighted by molar-refractivity contribution is 0.669. The van der Waals surface area contributed by atoms with Crippen molar-refractivity contribution in [1.29, 1.82) is 0 Å². The first-order valence-electron chi connectivity index (χ1n) is 15.8. The Morgan fingerprint density at radius 1 is 0.489 bits per heavy atom. The van der Waals surface area contributed by atoms with E-state index in [2.05, 4.69) is 120 Å². The summed E-state index contributed by atoms with van der Waals surface area (Å²) in [6, 6.07) is 45.4. The maximum atomic E-state index is 6.52. The number of nitrogens with zero attached hydrogens (tertiary/aromatic N) is 3. The van der Waals surface area contributed by atoms with Gasteiger partial charge in [-0.3, -0.25) is 4.57 Å². The van der Waals surface area contributed by atoms with E-state index in [0.29, 0.717) is 0 Å². The third-order valence-corrected chi connectivity index (χ3v) is 11.3. The fourth-order valence-corrected chi connectivity index (χ4v) is 9.43. The van der Waals surface area contributed by atoms with Crippen LogP contribution in [0.5, 0.6) is 0 Å². The molecule has 11 aromatic rings. The van der Waals surface area contributed by atoms with Crippen LogP contribution in [0.1, 0.15) is 0 Å². The highest BCUT2D eigenvalue weighted by Gasteiger charge is 2.28. The Hall–Kier alpha value is -6.04. The quantitative estimate of drug-likeness (QED) is 0.194. The Morgan fingerprint density at radius 3 is 2.09 bits per heavy atom. The highest BCUT2D eigenvalue weighted by Crippen LogP contribution is 2.51. The van der Waals surface area contributed by atoms with Gasteiger partial charge in [-0.05, 0) is 64.4 Å². The third-order valence-electron chi connectivity index (χ3n) is 10.1. The van der Waals surface area contributed by atoms with E-state index < -0.39 is 0 Å². The van der Waals surface area contributed by atoms with Gasteiger partial charge < -0.3 is 4.42 Å². The van der Waals surface area contributed by atoms with Crippen LogP contribution in [0.15, 0.2) is 132 Å². The second kappa shape index (κ2) is 8.40. The van der Waals surface area contributed by atoms with Crippen molar-refractivity contribution in [3.63, 3.8) is 0 Å². The van der Waals surface area contributed by atoms with Crippen LogP contribution in [-0.4, -0.2) is 14.5 Å². The lowest BCUT2D eigenvalue weighted by Gasteiger charge is -2.15. The van der Waals surface area contributed by atoms with E-state index >= 15 is 0 Å². The van der Waals surface area contributed by atoms with E-state index in [1.54, 1.807) is 0 Å². The van der Waals surface area contributed by atoms with Gasteiger partial charge in [0.2, 0.25) is 0 Å². The molecule has 0 spiro atoms. The summed E-state index contributed by atoms with van der Waals surface area (Å²) < 4.78 is 11.4. The predicted molar refractivity (Wildman–Crippen MR) is 196 cm³/mol. The predicted octanol–water partition coefficient (Wildman–Crippen LogP) is 11.8. The van der Waals surface area contributed by atoms with E-state index in [9.17, 15) is 0 Å². The summed E-state index contributed by atoms with van der Waals surface area (Å²) in [5, 5.41) is 9.80. The zero-order valence-electron chi connectivity index (χ0n) is 24.8. The maximum Gasteiger partial charge on any atom is 0.165 e. The van der Waals surface area contributed by atoms with Crippen LogP contribution in [0.2, 0.25) is 0 Å². The smallest absolute Gasteiger partial charge is 0.165 e. The minimum Gasteiger partial charge on any atom is -0.456 e. The molecule has 0 N–H and O–H groups in total. The SMILES string of the molecule is c1cc2c3c(c1)ccc1c3c3c4c(ccc3n1-c1nc3ccccc3nc1-c1cccc3c1sc1ccccc13)oc1cccc-2c14. The number of rotatable bonds is 2. The van der Waals surface area contributed by atoms with E-state index in [0.717, 1.165) is 50.3 Å². The molecule has 0 bridgehead atoms. The first kappa shape index (κ1) is 24.2. The monoisotopic (exact) mass is 615 g/mol. The van der Waals surface area contributed by atoms with Crippen molar-refractivity contribution in [2.45, 2.75) is 0 Å². The van der Waals surface area contributed by atoms with Gasteiger partial charge in [-0.25, -0.2) is 9.97 Å². The number of fused-ring (bicyclic) bond motifs is 5. The number of hydrogen-bond acceptors (Lipinski definition) is 4. The fourth-order valence-electron chi connectivity index (χ4n) is 8.21. The molecule has 0 saturated heterocycles. The normalized spacial score (nSPS) is 12.7. The van der Waals surface area contributed by atoms with Gasteiger partial charge in [0.25, 0.3) is 0 Å². The van der Waals surface area contributed by atoms with Gasteiger partial charge in [0, 0.05) is 47.3 Å². The van der Waals surface area contributed by atoms with E-state index in [1.807, 2.05) is 23.5 Å². The van der Waals surface area contributed by atoms with Gasteiger partial charge in [-0.2, -0.15) is 0 Å². The second-order valence-electron chi connectivity index (χ2n) is 12.5. The molecule has 0 radical (unpaired) electrons. The molecule has 0 saturated carbocycles. The molecule has 47 heavy (non-hydrogen) atoms. The maximum absolute atomic E-state index is 6.52. The highest BCUT2D eigenvalue weighted by atomic mass is 32.1. The molecule has 216 valence electrons. The highest BCUT2D eigenvalue weighted by molar-refractivity contribution is 7.26. The summed E-state index contributed by atoms with van der Waals surface area (Å²) in [7, 11) is 0. The van der Waals surface area contributed by atoms with Crippen molar-refractivity contribution in [2.24, 2.45) is 0 Å². The molecule has 0 atom stereocenters. The van der Waals surface area contributed by atoms with Crippen LogP contribution in [0.3, 0.4) is 0 Å². The fraction of sp³-hybridized carbons (Fsp3) is 0. The summed E-state index contributed by atoms with van der Waals surface area (Å²) in [4.78, 5) is 10.9. The number of para-hydroxylation sites is 2. The third kappa shape index (κ3) is 2.94. The summed E-state index contributed by atoms with van der Waals surface area (Å²) in [6.07, 6.45) is 0. The van der Waals surface area contributed by atoms with E-state index in [-0.39, 0.29) is 0 Å². The van der Waals surface area contributed by atoms with Gasteiger partial charge in [-0.15, -0.1) is 11.3 Å². The minimum atomic E-state index is 0.832. The summed E-state index contributed by atoms with van der Waals surface area (Å²) in [6.45, 7) is 0. The molecule has 7 aromatic carbocycles. The number of furan rings is 1. The lowest BCUT2D eigenvalue weighted by Crippen LogP contribution is -2.04. The van der Waals surface area contributed by atoms with Crippen molar-refractivity contribution in [3.8, 4) is 28.2 Å². The van der Waals surface area contributed by atoms with Gasteiger partial charge >= 0.3 is 0 Å². The molecule has 0 unspecified atom stereocenters. The average Bonchev–Trinajstić information content (AvgIpc) is 3.77. The van der Waals surface area contributed by atoms with Crippen molar-refractivity contribution < 1.29 is 4.42 Å². The zero-order chi connectivity index (χ0) is 30.4. The molecule has 0 amide bonds. The minimum absolute atomic E-state index is 0.832. The Balaban J connectivity index is 1.32. The number of aromatic nitrogens is 3. The molecular formula is C42H21N3OS. The topological polar surface area (TPSA) is 43.9 Å². The van der Waals surface area contributed by atoms with Crippen LogP contribution in [-0.2, 0) is 0 Å². The molecule has 0 aliphatic heterocycles. The van der Waals surface area contributed by atoms with Crippen LogP contribution >= 0.6 is 11.3 Å². The molecule has 0 fully saturated rings. The van der Waals surface area contributed by atoms with E-state index in [4.69, 9.17) is 14.4 Å².